The average molecular weight is 261 g/mol. The molecule has 102 valence electrons. The van der Waals surface area contributed by atoms with Crippen LogP contribution in [0.4, 0.5) is 0 Å². The van der Waals surface area contributed by atoms with Gasteiger partial charge in [0.25, 0.3) is 0 Å². The van der Waals surface area contributed by atoms with Crippen LogP contribution in [-0.4, -0.2) is 26.5 Å². The minimum Gasteiger partial charge on any atom is -0.486 e. The minimum absolute atomic E-state index is 0.164. The van der Waals surface area contributed by atoms with Gasteiger partial charge in [-0.2, -0.15) is 5.10 Å². The molecule has 1 aromatic carbocycles. The van der Waals surface area contributed by atoms with Crippen LogP contribution in [0, 0.1) is 0 Å². The molecule has 0 aliphatic heterocycles. The maximum Gasteiger partial charge on any atom is 0.165 e. The van der Waals surface area contributed by atoms with Crippen LogP contribution < -0.4 is 4.74 Å². The van der Waals surface area contributed by atoms with Gasteiger partial charge in [-0.3, -0.25) is 0 Å². The second-order valence-corrected chi connectivity index (χ2v) is 4.62. The summed E-state index contributed by atoms with van der Waals surface area (Å²) in [6.45, 7) is 4.68. The SMILES string of the molecule is CC(C)n1ncnc1COc1ccc(CCO)cc1. The second kappa shape index (κ2) is 6.33. The maximum atomic E-state index is 8.85. The maximum absolute atomic E-state index is 8.85. The van der Waals surface area contributed by atoms with Crippen molar-refractivity contribution in [3.63, 3.8) is 0 Å². The third-order valence-corrected chi connectivity index (χ3v) is 2.83. The molecule has 5 heteroatoms. The van der Waals surface area contributed by atoms with Gasteiger partial charge in [-0.25, -0.2) is 9.67 Å². The predicted molar refractivity (Wildman–Crippen MR) is 72.0 cm³/mol. The zero-order valence-corrected chi connectivity index (χ0v) is 11.3. The fourth-order valence-corrected chi connectivity index (χ4v) is 1.84. The molecule has 0 radical (unpaired) electrons. The Kier molecular flexibility index (Phi) is 4.52. The van der Waals surface area contributed by atoms with Crippen LogP contribution in [0.3, 0.4) is 0 Å². The lowest BCUT2D eigenvalue weighted by Crippen LogP contribution is -2.10. The highest BCUT2D eigenvalue weighted by atomic mass is 16.5. The molecule has 1 heterocycles. The van der Waals surface area contributed by atoms with E-state index in [1.54, 1.807) is 6.33 Å². The quantitative estimate of drug-likeness (QED) is 0.863. The monoisotopic (exact) mass is 261 g/mol. The van der Waals surface area contributed by atoms with Crippen molar-refractivity contribution in [1.82, 2.24) is 14.8 Å². The van der Waals surface area contributed by atoms with Crippen molar-refractivity contribution in [2.75, 3.05) is 6.61 Å². The van der Waals surface area contributed by atoms with Crippen molar-refractivity contribution < 1.29 is 9.84 Å². The van der Waals surface area contributed by atoms with Crippen LogP contribution in [0.5, 0.6) is 5.75 Å². The summed E-state index contributed by atoms with van der Waals surface area (Å²) in [5, 5.41) is 13.0. The number of ether oxygens (including phenoxy) is 1. The van der Waals surface area contributed by atoms with E-state index in [9.17, 15) is 0 Å². The van der Waals surface area contributed by atoms with E-state index in [2.05, 4.69) is 23.9 Å². The Morgan fingerprint density at radius 2 is 2.00 bits per heavy atom. The van der Waals surface area contributed by atoms with Gasteiger partial charge in [0.15, 0.2) is 5.82 Å². The highest BCUT2D eigenvalue weighted by Crippen LogP contribution is 2.14. The Bertz CT molecular complexity index is 506. The molecule has 2 aromatic rings. The molecule has 0 fully saturated rings. The van der Waals surface area contributed by atoms with Crippen molar-refractivity contribution in [3.8, 4) is 5.75 Å². The number of aliphatic hydroxyl groups is 1. The zero-order valence-electron chi connectivity index (χ0n) is 11.3. The van der Waals surface area contributed by atoms with Crippen LogP contribution in [0.2, 0.25) is 0 Å². The third kappa shape index (κ3) is 3.54. The molecule has 5 nitrogen and oxygen atoms in total. The molecule has 0 saturated heterocycles. The van der Waals surface area contributed by atoms with Gasteiger partial charge in [0.2, 0.25) is 0 Å². The fourth-order valence-electron chi connectivity index (χ4n) is 1.84. The predicted octanol–water partition coefficient (Wildman–Crippen LogP) is 1.97. The lowest BCUT2D eigenvalue weighted by molar-refractivity contribution is 0.282. The molecule has 0 atom stereocenters. The Balaban J connectivity index is 1.96. The van der Waals surface area contributed by atoms with Crippen LogP contribution in [0.1, 0.15) is 31.3 Å². The van der Waals surface area contributed by atoms with Crippen LogP contribution >= 0.6 is 0 Å². The van der Waals surface area contributed by atoms with Crippen LogP contribution in [0.15, 0.2) is 30.6 Å². The van der Waals surface area contributed by atoms with Crippen molar-refractivity contribution in [1.29, 1.82) is 0 Å². The van der Waals surface area contributed by atoms with E-state index in [-0.39, 0.29) is 12.6 Å². The van der Waals surface area contributed by atoms with E-state index >= 15 is 0 Å². The average Bonchev–Trinajstić information content (AvgIpc) is 2.87. The molecule has 0 amide bonds. The number of hydrogen-bond acceptors (Lipinski definition) is 4. The van der Waals surface area contributed by atoms with Crippen molar-refractivity contribution >= 4 is 0 Å². The molecule has 1 N–H and O–H groups in total. The molecular formula is C14H19N3O2. The van der Waals surface area contributed by atoms with Gasteiger partial charge in [-0.15, -0.1) is 0 Å². The number of aliphatic hydroxyl groups excluding tert-OH is 1. The number of benzene rings is 1. The second-order valence-electron chi connectivity index (χ2n) is 4.62. The Hall–Kier alpha value is -1.88. The van der Waals surface area contributed by atoms with E-state index in [0.29, 0.717) is 13.0 Å². The van der Waals surface area contributed by atoms with E-state index in [1.165, 1.54) is 0 Å². The first-order valence-corrected chi connectivity index (χ1v) is 6.41. The van der Waals surface area contributed by atoms with E-state index in [1.807, 2.05) is 28.9 Å². The Morgan fingerprint density at radius 1 is 1.26 bits per heavy atom. The van der Waals surface area contributed by atoms with Gasteiger partial charge in [-0.05, 0) is 38.0 Å². The first-order valence-electron chi connectivity index (χ1n) is 6.41. The van der Waals surface area contributed by atoms with Gasteiger partial charge in [0.1, 0.15) is 18.7 Å². The first-order chi connectivity index (χ1) is 9.20. The van der Waals surface area contributed by atoms with Crippen LogP contribution in [0.25, 0.3) is 0 Å². The highest BCUT2D eigenvalue weighted by Gasteiger charge is 2.08. The normalized spacial score (nSPS) is 10.9. The van der Waals surface area contributed by atoms with Crippen LogP contribution in [-0.2, 0) is 13.0 Å². The van der Waals surface area contributed by atoms with Crippen molar-refractivity contribution in [3.05, 3.63) is 42.0 Å². The summed E-state index contributed by atoms with van der Waals surface area (Å²) in [5.41, 5.74) is 1.10. The Labute approximate surface area is 112 Å². The van der Waals surface area contributed by atoms with Gasteiger partial charge < -0.3 is 9.84 Å². The summed E-state index contributed by atoms with van der Waals surface area (Å²) in [7, 11) is 0. The Morgan fingerprint density at radius 3 is 2.63 bits per heavy atom. The lowest BCUT2D eigenvalue weighted by atomic mass is 10.1. The molecule has 0 unspecified atom stereocenters. The van der Waals surface area contributed by atoms with Crippen molar-refractivity contribution in [2.24, 2.45) is 0 Å². The van der Waals surface area contributed by atoms with Gasteiger partial charge in [0.05, 0.1) is 0 Å². The minimum atomic E-state index is 0.164. The van der Waals surface area contributed by atoms with Gasteiger partial charge >= 0.3 is 0 Å². The van der Waals surface area contributed by atoms with Gasteiger partial charge in [-0.1, -0.05) is 12.1 Å². The zero-order chi connectivity index (χ0) is 13.7. The standard InChI is InChI=1S/C14H19N3O2/c1-11(2)17-14(15-10-16-17)9-19-13-5-3-12(4-6-13)7-8-18/h3-6,10-11,18H,7-9H2,1-2H3. The first kappa shape index (κ1) is 13.5. The molecule has 19 heavy (non-hydrogen) atoms. The molecule has 0 spiro atoms. The molecule has 0 saturated carbocycles. The summed E-state index contributed by atoms with van der Waals surface area (Å²) >= 11 is 0. The summed E-state index contributed by atoms with van der Waals surface area (Å²) in [6.07, 6.45) is 2.21. The van der Waals surface area contributed by atoms with Gasteiger partial charge in [0, 0.05) is 12.6 Å². The van der Waals surface area contributed by atoms with E-state index in [0.717, 1.165) is 17.1 Å². The summed E-state index contributed by atoms with van der Waals surface area (Å²) in [4.78, 5) is 4.19. The lowest BCUT2D eigenvalue weighted by Gasteiger charge is -2.10. The number of hydrogen-bond donors (Lipinski definition) is 1. The summed E-state index contributed by atoms with van der Waals surface area (Å²) < 4.78 is 7.54. The molecule has 0 aliphatic rings. The number of aromatic nitrogens is 3. The van der Waals surface area contributed by atoms with Crippen molar-refractivity contribution in [2.45, 2.75) is 32.9 Å². The summed E-state index contributed by atoms with van der Waals surface area (Å²) in [6, 6.07) is 7.99. The fraction of sp³-hybridized carbons (Fsp3) is 0.429. The van der Waals surface area contributed by atoms with E-state index < -0.39 is 0 Å². The topological polar surface area (TPSA) is 60.2 Å². The molecule has 0 aliphatic carbocycles. The smallest absolute Gasteiger partial charge is 0.165 e. The molecule has 0 bridgehead atoms. The number of rotatable bonds is 6. The largest absolute Gasteiger partial charge is 0.486 e. The highest BCUT2D eigenvalue weighted by molar-refractivity contribution is 5.27. The molecule has 2 rings (SSSR count). The molecule has 1 aromatic heterocycles. The summed E-state index contributed by atoms with van der Waals surface area (Å²) in [5.74, 6) is 1.61. The third-order valence-electron chi connectivity index (χ3n) is 2.83. The molecular weight excluding hydrogens is 242 g/mol. The number of nitrogens with zero attached hydrogens (tertiary/aromatic N) is 3. The van der Waals surface area contributed by atoms with E-state index in [4.69, 9.17) is 9.84 Å².